The molecule has 0 heterocycles. The molecule has 1 atom stereocenters. The van der Waals surface area contributed by atoms with Crippen LogP contribution in [0.2, 0.25) is 0 Å². The van der Waals surface area contributed by atoms with Gasteiger partial charge in [0.1, 0.15) is 5.75 Å². The Hall–Kier alpha value is -1.35. The van der Waals surface area contributed by atoms with Crippen LogP contribution in [0.5, 0.6) is 5.75 Å². The summed E-state index contributed by atoms with van der Waals surface area (Å²) in [4.78, 5) is 11.9. The minimum absolute atomic E-state index is 0.0261. The first-order chi connectivity index (χ1) is 7.30. The van der Waals surface area contributed by atoms with Gasteiger partial charge in [0.05, 0.1) is 6.04 Å². The summed E-state index contributed by atoms with van der Waals surface area (Å²) in [6.07, 6.45) is 0.318. The van der Waals surface area contributed by atoms with Crippen LogP contribution in [-0.2, 0) is 11.2 Å². The molecule has 1 unspecified atom stereocenters. The smallest absolute Gasteiger partial charge is 0.154 e. The van der Waals surface area contributed by atoms with Crippen LogP contribution in [-0.4, -0.2) is 16.9 Å². The number of ketones is 1. The highest BCUT2D eigenvalue weighted by Gasteiger charge is 2.26. The zero-order valence-corrected chi connectivity index (χ0v) is 10.0. The van der Waals surface area contributed by atoms with E-state index in [9.17, 15) is 4.79 Å². The molecule has 1 aromatic carbocycles. The standard InChI is InChI=1S/C13H19NO2/c1-13(2,3)12(14)11(16)8-9-4-6-10(15)7-5-9/h4-7,12,15H,8,14H2,1-3H3. The summed E-state index contributed by atoms with van der Waals surface area (Å²) >= 11 is 0. The lowest BCUT2D eigenvalue weighted by atomic mass is 9.83. The highest BCUT2D eigenvalue weighted by atomic mass is 16.3. The fourth-order valence-corrected chi connectivity index (χ4v) is 1.41. The van der Waals surface area contributed by atoms with Gasteiger partial charge in [-0.15, -0.1) is 0 Å². The number of hydrogen-bond acceptors (Lipinski definition) is 3. The zero-order valence-electron chi connectivity index (χ0n) is 10.0. The Morgan fingerprint density at radius 3 is 2.25 bits per heavy atom. The third-order valence-electron chi connectivity index (χ3n) is 2.59. The van der Waals surface area contributed by atoms with Crippen molar-refractivity contribution < 1.29 is 9.90 Å². The molecule has 0 aromatic heterocycles. The molecule has 0 amide bonds. The molecule has 0 aliphatic heterocycles. The van der Waals surface area contributed by atoms with E-state index in [1.165, 1.54) is 0 Å². The second-order valence-electron chi connectivity index (χ2n) is 5.15. The second-order valence-corrected chi connectivity index (χ2v) is 5.15. The molecule has 0 aliphatic rings. The maximum atomic E-state index is 11.9. The van der Waals surface area contributed by atoms with Crippen molar-refractivity contribution in [3.05, 3.63) is 29.8 Å². The van der Waals surface area contributed by atoms with Crippen LogP contribution in [0.3, 0.4) is 0 Å². The summed E-state index contributed by atoms with van der Waals surface area (Å²) in [5.41, 5.74) is 6.54. The molecule has 0 saturated heterocycles. The first-order valence-corrected chi connectivity index (χ1v) is 5.37. The summed E-state index contributed by atoms with van der Waals surface area (Å²) in [6.45, 7) is 5.85. The largest absolute Gasteiger partial charge is 0.508 e. The van der Waals surface area contributed by atoms with E-state index in [4.69, 9.17) is 10.8 Å². The van der Waals surface area contributed by atoms with Crippen molar-refractivity contribution in [3.8, 4) is 5.75 Å². The number of Topliss-reactive ketones (excluding diaryl/α,β-unsaturated/α-hetero) is 1. The van der Waals surface area contributed by atoms with Crippen molar-refractivity contribution in [1.29, 1.82) is 0 Å². The van der Waals surface area contributed by atoms with Gasteiger partial charge in [-0.1, -0.05) is 32.9 Å². The molecule has 0 radical (unpaired) electrons. The SMILES string of the molecule is CC(C)(C)C(N)C(=O)Cc1ccc(O)cc1. The van der Waals surface area contributed by atoms with Gasteiger partial charge in [0.25, 0.3) is 0 Å². The van der Waals surface area contributed by atoms with Crippen molar-refractivity contribution in [3.63, 3.8) is 0 Å². The van der Waals surface area contributed by atoms with Crippen molar-refractivity contribution in [1.82, 2.24) is 0 Å². The van der Waals surface area contributed by atoms with Gasteiger partial charge in [0, 0.05) is 6.42 Å². The molecule has 0 spiro atoms. The normalized spacial score (nSPS) is 13.5. The number of rotatable bonds is 3. The third-order valence-corrected chi connectivity index (χ3v) is 2.59. The van der Waals surface area contributed by atoms with E-state index in [1.54, 1.807) is 24.3 Å². The van der Waals surface area contributed by atoms with E-state index in [0.29, 0.717) is 6.42 Å². The first-order valence-electron chi connectivity index (χ1n) is 5.37. The van der Waals surface area contributed by atoms with E-state index in [-0.39, 0.29) is 16.9 Å². The van der Waals surface area contributed by atoms with Crippen molar-refractivity contribution >= 4 is 5.78 Å². The zero-order chi connectivity index (χ0) is 12.3. The van der Waals surface area contributed by atoms with E-state index in [2.05, 4.69) is 0 Å². The lowest BCUT2D eigenvalue weighted by Crippen LogP contribution is -2.43. The number of phenols is 1. The summed E-state index contributed by atoms with van der Waals surface area (Å²) in [5.74, 6) is 0.231. The van der Waals surface area contributed by atoms with Crippen LogP contribution in [0.4, 0.5) is 0 Å². The van der Waals surface area contributed by atoms with Crippen molar-refractivity contribution in [2.45, 2.75) is 33.2 Å². The molecule has 1 rings (SSSR count). The molecular formula is C13H19NO2. The van der Waals surface area contributed by atoms with E-state index < -0.39 is 6.04 Å². The Kier molecular flexibility index (Phi) is 3.70. The van der Waals surface area contributed by atoms with Crippen molar-refractivity contribution in [2.75, 3.05) is 0 Å². The number of benzene rings is 1. The first kappa shape index (κ1) is 12.7. The molecule has 0 fully saturated rings. The van der Waals surface area contributed by atoms with E-state index in [1.807, 2.05) is 20.8 Å². The number of aromatic hydroxyl groups is 1. The van der Waals surface area contributed by atoms with Gasteiger partial charge >= 0.3 is 0 Å². The van der Waals surface area contributed by atoms with E-state index >= 15 is 0 Å². The summed E-state index contributed by atoms with van der Waals surface area (Å²) in [7, 11) is 0. The monoisotopic (exact) mass is 221 g/mol. The van der Waals surface area contributed by atoms with Crippen LogP contribution in [0.25, 0.3) is 0 Å². The summed E-state index contributed by atoms with van der Waals surface area (Å²) in [6, 6.07) is 6.17. The minimum Gasteiger partial charge on any atom is -0.508 e. The van der Waals surface area contributed by atoms with Crippen LogP contribution in [0.15, 0.2) is 24.3 Å². The van der Waals surface area contributed by atoms with Crippen LogP contribution < -0.4 is 5.73 Å². The number of nitrogens with two attached hydrogens (primary N) is 1. The molecule has 3 nitrogen and oxygen atoms in total. The quantitative estimate of drug-likeness (QED) is 0.819. The Morgan fingerprint density at radius 2 is 1.81 bits per heavy atom. The topological polar surface area (TPSA) is 63.3 Å². The van der Waals surface area contributed by atoms with Crippen molar-refractivity contribution in [2.24, 2.45) is 11.1 Å². The Morgan fingerprint density at radius 1 is 1.31 bits per heavy atom. The summed E-state index contributed by atoms with van der Waals surface area (Å²) in [5, 5.41) is 9.12. The molecule has 0 bridgehead atoms. The van der Waals surface area contributed by atoms with Gasteiger partial charge in [-0.25, -0.2) is 0 Å². The van der Waals surface area contributed by atoms with Gasteiger partial charge in [-0.2, -0.15) is 0 Å². The van der Waals surface area contributed by atoms with Crippen LogP contribution in [0.1, 0.15) is 26.3 Å². The lowest BCUT2D eigenvalue weighted by molar-refractivity contribution is -0.121. The van der Waals surface area contributed by atoms with Gasteiger partial charge in [-0.3, -0.25) is 4.79 Å². The average molecular weight is 221 g/mol. The number of carbonyl (C=O) groups is 1. The summed E-state index contributed by atoms with van der Waals surface area (Å²) < 4.78 is 0. The highest BCUT2D eigenvalue weighted by molar-refractivity contribution is 5.86. The maximum absolute atomic E-state index is 11.9. The Labute approximate surface area is 96.3 Å². The Balaban J connectivity index is 2.68. The lowest BCUT2D eigenvalue weighted by Gasteiger charge is -2.25. The molecule has 3 N–H and O–H groups in total. The number of hydrogen-bond donors (Lipinski definition) is 2. The predicted molar refractivity (Wildman–Crippen MR) is 64.2 cm³/mol. The number of carbonyl (C=O) groups excluding carboxylic acids is 1. The molecule has 88 valence electrons. The second kappa shape index (κ2) is 4.66. The predicted octanol–water partition coefficient (Wildman–Crippen LogP) is 1.88. The maximum Gasteiger partial charge on any atom is 0.154 e. The molecule has 16 heavy (non-hydrogen) atoms. The third kappa shape index (κ3) is 3.35. The molecule has 3 heteroatoms. The van der Waals surface area contributed by atoms with Gasteiger partial charge < -0.3 is 10.8 Å². The minimum atomic E-state index is -0.457. The fraction of sp³-hybridized carbons (Fsp3) is 0.462. The molecule has 0 aliphatic carbocycles. The van der Waals surface area contributed by atoms with Gasteiger partial charge in [0.2, 0.25) is 0 Å². The molecule has 1 aromatic rings. The molecule has 0 saturated carbocycles. The van der Waals surface area contributed by atoms with Gasteiger partial charge in [-0.05, 0) is 23.1 Å². The fourth-order valence-electron chi connectivity index (χ4n) is 1.41. The van der Waals surface area contributed by atoms with Crippen LogP contribution >= 0.6 is 0 Å². The highest BCUT2D eigenvalue weighted by Crippen LogP contribution is 2.19. The molecular weight excluding hydrogens is 202 g/mol. The van der Waals surface area contributed by atoms with Crippen LogP contribution in [0, 0.1) is 5.41 Å². The average Bonchev–Trinajstić information content (AvgIpc) is 2.19. The van der Waals surface area contributed by atoms with E-state index in [0.717, 1.165) is 5.56 Å². The van der Waals surface area contributed by atoms with Gasteiger partial charge in [0.15, 0.2) is 5.78 Å². The number of phenolic OH excluding ortho intramolecular Hbond substituents is 1. The Bertz CT molecular complexity index is 363.